The second kappa shape index (κ2) is 5.92. The van der Waals surface area contributed by atoms with Gasteiger partial charge in [-0.3, -0.25) is 9.59 Å². The van der Waals surface area contributed by atoms with Crippen molar-refractivity contribution >= 4 is 11.8 Å². The monoisotopic (exact) mass is 308 g/mol. The number of benzene rings is 1. The van der Waals surface area contributed by atoms with Crippen LogP contribution in [0.1, 0.15) is 5.56 Å². The summed E-state index contributed by atoms with van der Waals surface area (Å²) in [6.45, 7) is 1.11. The van der Waals surface area contributed by atoms with Crippen LogP contribution in [-0.4, -0.2) is 65.6 Å². The smallest absolute Gasteiger partial charge is 0.264 e. The van der Waals surface area contributed by atoms with Gasteiger partial charge in [0.2, 0.25) is 5.91 Å². The number of amides is 2. The van der Waals surface area contributed by atoms with Crippen LogP contribution >= 0.6 is 0 Å². The Morgan fingerprint density at radius 3 is 2.59 bits per heavy atom. The maximum atomic E-state index is 13.2. The zero-order valence-corrected chi connectivity index (χ0v) is 12.0. The molecular formula is C15H17FN2O4. The minimum Gasteiger partial charge on any atom is -0.480 e. The molecule has 3 rings (SSSR count). The van der Waals surface area contributed by atoms with Crippen molar-refractivity contribution in [2.45, 2.75) is 12.5 Å². The van der Waals surface area contributed by atoms with Gasteiger partial charge >= 0.3 is 0 Å². The Balaban J connectivity index is 1.59. The number of hydrogen-bond donors (Lipinski definition) is 1. The van der Waals surface area contributed by atoms with E-state index in [1.807, 2.05) is 0 Å². The third-order valence-electron chi connectivity index (χ3n) is 4.05. The zero-order valence-electron chi connectivity index (χ0n) is 12.0. The van der Waals surface area contributed by atoms with E-state index < -0.39 is 12.7 Å². The second-order valence-corrected chi connectivity index (χ2v) is 5.43. The van der Waals surface area contributed by atoms with E-state index in [0.29, 0.717) is 43.9 Å². The Morgan fingerprint density at radius 1 is 1.23 bits per heavy atom. The third-order valence-corrected chi connectivity index (χ3v) is 4.05. The molecule has 7 heteroatoms. The summed E-state index contributed by atoms with van der Waals surface area (Å²) in [5.74, 6) is -0.264. The third kappa shape index (κ3) is 2.76. The van der Waals surface area contributed by atoms with Crippen LogP contribution in [0.2, 0.25) is 0 Å². The standard InChI is InChI=1S/C15H17FN2O4/c16-11-1-2-12-10(7-11)8-13(22-12)15(21)18-5-3-17(4-6-18)14(20)9-19/h1-2,7,13,19H,3-6,8-9H2. The number of carbonyl (C=O) groups is 2. The van der Waals surface area contributed by atoms with Gasteiger partial charge in [0.05, 0.1) is 0 Å². The Bertz CT molecular complexity index is 599. The summed E-state index contributed by atoms with van der Waals surface area (Å²) >= 11 is 0. The van der Waals surface area contributed by atoms with E-state index >= 15 is 0 Å². The van der Waals surface area contributed by atoms with Crippen LogP contribution in [0, 0.1) is 5.82 Å². The molecule has 0 aliphatic carbocycles. The molecule has 1 N–H and O–H groups in total. The molecule has 1 unspecified atom stereocenters. The summed E-state index contributed by atoms with van der Waals surface area (Å²) in [6, 6.07) is 4.24. The molecule has 0 aromatic heterocycles. The topological polar surface area (TPSA) is 70.1 Å². The van der Waals surface area contributed by atoms with E-state index in [0.717, 1.165) is 0 Å². The minimum absolute atomic E-state index is 0.146. The summed E-state index contributed by atoms with van der Waals surface area (Å²) in [5.41, 5.74) is 0.701. The van der Waals surface area contributed by atoms with Crippen LogP contribution in [0.3, 0.4) is 0 Å². The minimum atomic E-state index is -0.628. The Labute approximate surface area is 127 Å². The fourth-order valence-corrected chi connectivity index (χ4v) is 2.83. The number of aliphatic hydroxyl groups excluding tert-OH is 1. The highest BCUT2D eigenvalue weighted by atomic mass is 19.1. The zero-order chi connectivity index (χ0) is 15.7. The molecule has 0 spiro atoms. The van der Waals surface area contributed by atoms with Crippen molar-refractivity contribution in [1.82, 2.24) is 9.80 Å². The lowest BCUT2D eigenvalue weighted by atomic mass is 10.1. The number of piperazine rings is 1. The highest BCUT2D eigenvalue weighted by Gasteiger charge is 2.34. The Kier molecular flexibility index (Phi) is 3.98. The SMILES string of the molecule is O=C(CO)N1CCN(C(=O)C2Cc3cc(F)ccc3O2)CC1. The quantitative estimate of drug-likeness (QED) is 0.821. The number of ether oxygens (including phenoxy) is 1. The summed E-state index contributed by atoms with van der Waals surface area (Å²) < 4.78 is 18.8. The number of carbonyl (C=O) groups excluding carboxylic acids is 2. The fraction of sp³-hybridized carbons (Fsp3) is 0.467. The van der Waals surface area contributed by atoms with Crippen molar-refractivity contribution in [3.8, 4) is 5.75 Å². The number of fused-ring (bicyclic) bond motifs is 1. The molecule has 1 aromatic rings. The lowest BCUT2D eigenvalue weighted by molar-refractivity contribution is -0.144. The molecule has 0 bridgehead atoms. The number of aliphatic hydroxyl groups is 1. The maximum absolute atomic E-state index is 13.2. The maximum Gasteiger partial charge on any atom is 0.264 e. The van der Waals surface area contributed by atoms with Crippen molar-refractivity contribution in [1.29, 1.82) is 0 Å². The first-order valence-electron chi connectivity index (χ1n) is 7.21. The van der Waals surface area contributed by atoms with Crippen molar-refractivity contribution in [3.63, 3.8) is 0 Å². The van der Waals surface area contributed by atoms with Gasteiger partial charge in [-0.15, -0.1) is 0 Å². The second-order valence-electron chi connectivity index (χ2n) is 5.43. The van der Waals surface area contributed by atoms with Crippen LogP contribution in [0.5, 0.6) is 5.75 Å². The number of hydrogen-bond acceptors (Lipinski definition) is 4. The molecule has 1 saturated heterocycles. The van der Waals surface area contributed by atoms with Crippen LogP contribution in [0.15, 0.2) is 18.2 Å². The van der Waals surface area contributed by atoms with Gasteiger partial charge in [-0.25, -0.2) is 4.39 Å². The molecule has 2 aliphatic heterocycles. The van der Waals surface area contributed by atoms with Crippen LogP contribution in [-0.2, 0) is 16.0 Å². The van der Waals surface area contributed by atoms with E-state index in [1.54, 1.807) is 4.90 Å². The molecule has 1 fully saturated rings. The van der Waals surface area contributed by atoms with Gasteiger partial charge in [-0.2, -0.15) is 0 Å². The molecule has 1 aromatic carbocycles. The Morgan fingerprint density at radius 2 is 1.91 bits per heavy atom. The lowest BCUT2D eigenvalue weighted by Crippen LogP contribution is -2.54. The molecule has 22 heavy (non-hydrogen) atoms. The van der Waals surface area contributed by atoms with Crippen molar-refractivity contribution in [3.05, 3.63) is 29.6 Å². The van der Waals surface area contributed by atoms with Gasteiger partial charge in [0, 0.05) is 38.2 Å². The van der Waals surface area contributed by atoms with Crippen LogP contribution < -0.4 is 4.74 Å². The molecule has 6 nitrogen and oxygen atoms in total. The van der Waals surface area contributed by atoms with Crippen molar-refractivity contribution in [2.24, 2.45) is 0 Å². The largest absolute Gasteiger partial charge is 0.480 e. The summed E-state index contributed by atoms with van der Waals surface area (Å²) in [7, 11) is 0. The molecule has 118 valence electrons. The average molecular weight is 308 g/mol. The van der Waals surface area contributed by atoms with Gasteiger partial charge in [-0.05, 0) is 18.2 Å². The van der Waals surface area contributed by atoms with E-state index in [-0.39, 0.29) is 17.6 Å². The highest BCUT2D eigenvalue weighted by Crippen LogP contribution is 2.30. The van der Waals surface area contributed by atoms with Crippen LogP contribution in [0.4, 0.5) is 4.39 Å². The van der Waals surface area contributed by atoms with Gasteiger partial charge in [0.25, 0.3) is 5.91 Å². The van der Waals surface area contributed by atoms with E-state index in [4.69, 9.17) is 9.84 Å². The van der Waals surface area contributed by atoms with Gasteiger partial charge in [0.1, 0.15) is 18.2 Å². The normalized spacial score (nSPS) is 20.5. The molecule has 2 aliphatic rings. The first kappa shape index (κ1) is 14.8. The molecule has 0 saturated carbocycles. The van der Waals surface area contributed by atoms with Crippen molar-refractivity contribution < 1.29 is 23.8 Å². The van der Waals surface area contributed by atoms with E-state index in [9.17, 15) is 14.0 Å². The first-order chi connectivity index (χ1) is 10.6. The molecular weight excluding hydrogens is 291 g/mol. The Hall–Kier alpha value is -2.15. The van der Waals surface area contributed by atoms with E-state index in [2.05, 4.69) is 0 Å². The van der Waals surface area contributed by atoms with Gasteiger partial charge in [0.15, 0.2) is 6.10 Å². The number of nitrogens with zero attached hydrogens (tertiary/aromatic N) is 2. The molecule has 1 atom stereocenters. The first-order valence-corrected chi connectivity index (χ1v) is 7.21. The number of rotatable bonds is 2. The van der Waals surface area contributed by atoms with Gasteiger partial charge < -0.3 is 19.6 Å². The average Bonchev–Trinajstić information content (AvgIpc) is 2.96. The van der Waals surface area contributed by atoms with Gasteiger partial charge in [-0.1, -0.05) is 0 Å². The molecule has 2 heterocycles. The summed E-state index contributed by atoms with van der Waals surface area (Å²) in [6.07, 6.45) is -0.265. The van der Waals surface area contributed by atoms with E-state index in [1.165, 1.54) is 23.1 Å². The predicted octanol–water partition coefficient (Wildman–Crippen LogP) is -0.208. The highest BCUT2D eigenvalue weighted by molar-refractivity contribution is 5.83. The molecule has 2 amide bonds. The summed E-state index contributed by atoms with van der Waals surface area (Å²) in [5, 5.41) is 8.83. The number of halogens is 1. The predicted molar refractivity (Wildman–Crippen MR) is 74.8 cm³/mol. The molecule has 0 radical (unpaired) electrons. The fourth-order valence-electron chi connectivity index (χ4n) is 2.83. The summed E-state index contributed by atoms with van der Waals surface area (Å²) in [4.78, 5) is 27.0. The lowest BCUT2D eigenvalue weighted by Gasteiger charge is -2.35. The van der Waals surface area contributed by atoms with Crippen LogP contribution in [0.25, 0.3) is 0 Å². The van der Waals surface area contributed by atoms with Crippen molar-refractivity contribution in [2.75, 3.05) is 32.8 Å².